The quantitative estimate of drug-likeness (QED) is 0.758. The predicted octanol–water partition coefficient (Wildman–Crippen LogP) is 2.58. The molecule has 0 aromatic carbocycles. The summed E-state index contributed by atoms with van der Waals surface area (Å²) in [6.07, 6.45) is 1.76. The van der Waals surface area contributed by atoms with Crippen LogP contribution in [0.5, 0.6) is 0 Å². The summed E-state index contributed by atoms with van der Waals surface area (Å²) in [4.78, 5) is 6.35. The van der Waals surface area contributed by atoms with Gasteiger partial charge in [-0.15, -0.1) is 0 Å². The lowest BCUT2D eigenvalue weighted by atomic mass is 10.2. The minimum atomic E-state index is 0.430. The van der Waals surface area contributed by atoms with E-state index in [1.165, 1.54) is 0 Å². The molecule has 15 heavy (non-hydrogen) atoms. The normalized spacial score (nSPS) is 10.5. The van der Waals surface area contributed by atoms with E-state index in [1.54, 1.807) is 12.3 Å². The molecule has 0 bridgehead atoms. The Labute approximate surface area is 91.4 Å². The first-order valence-corrected chi connectivity index (χ1v) is 5.20. The van der Waals surface area contributed by atoms with Gasteiger partial charge in [0.2, 0.25) is 0 Å². The Morgan fingerprint density at radius 2 is 1.80 bits per heavy atom. The molecule has 0 aliphatic heterocycles. The van der Waals surface area contributed by atoms with Gasteiger partial charge in [-0.25, -0.2) is 4.98 Å². The minimum absolute atomic E-state index is 0.430. The summed E-state index contributed by atoms with van der Waals surface area (Å²) in [5, 5.41) is 8.66. The van der Waals surface area contributed by atoms with Crippen LogP contribution in [0.4, 0.5) is 5.69 Å². The second-order valence-electron chi connectivity index (χ2n) is 4.11. The highest BCUT2D eigenvalue weighted by molar-refractivity contribution is 5.47. The van der Waals surface area contributed by atoms with E-state index in [9.17, 15) is 0 Å². The maximum absolute atomic E-state index is 8.66. The van der Waals surface area contributed by atoms with Gasteiger partial charge in [0.05, 0.1) is 11.9 Å². The summed E-state index contributed by atoms with van der Waals surface area (Å²) >= 11 is 0. The smallest absolute Gasteiger partial charge is 0.140 e. The molecular weight excluding hydrogens is 186 g/mol. The lowest BCUT2D eigenvalue weighted by Gasteiger charge is -2.32. The van der Waals surface area contributed by atoms with Crippen LogP contribution in [0, 0.1) is 11.3 Å². The second-order valence-corrected chi connectivity index (χ2v) is 4.11. The number of pyridine rings is 1. The third-order valence-corrected chi connectivity index (χ3v) is 2.27. The molecule has 0 aliphatic rings. The van der Waals surface area contributed by atoms with Gasteiger partial charge < -0.3 is 4.90 Å². The average Bonchev–Trinajstić information content (AvgIpc) is 2.18. The fraction of sp³-hybridized carbons (Fsp3) is 0.500. The molecular formula is C12H17N3. The summed E-state index contributed by atoms with van der Waals surface area (Å²) in [6, 6.07) is 6.59. The minimum Gasteiger partial charge on any atom is -0.365 e. The van der Waals surface area contributed by atoms with Gasteiger partial charge in [0.1, 0.15) is 11.8 Å². The summed E-state index contributed by atoms with van der Waals surface area (Å²) in [5.41, 5.74) is 1.53. The van der Waals surface area contributed by atoms with Crippen molar-refractivity contribution in [2.45, 2.75) is 39.8 Å². The van der Waals surface area contributed by atoms with Crippen LogP contribution < -0.4 is 4.90 Å². The highest BCUT2D eigenvalue weighted by atomic mass is 15.2. The van der Waals surface area contributed by atoms with Crippen molar-refractivity contribution in [1.82, 2.24) is 4.98 Å². The van der Waals surface area contributed by atoms with Gasteiger partial charge in [-0.2, -0.15) is 5.26 Å². The average molecular weight is 203 g/mol. The second kappa shape index (κ2) is 4.79. The Balaban J connectivity index is 2.98. The zero-order valence-electron chi connectivity index (χ0n) is 9.73. The van der Waals surface area contributed by atoms with Crippen LogP contribution in [0.25, 0.3) is 0 Å². The lowest BCUT2D eigenvalue weighted by molar-refractivity contribution is 0.607. The third kappa shape index (κ3) is 2.69. The SMILES string of the molecule is CC(C)N(c1ccc(C#N)nc1)C(C)C. The van der Waals surface area contributed by atoms with Gasteiger partial charge in [-0.3, -0.25) is 0 Å². The number of hydrogen-bond acceptors (Lipinski definition) is 3. The van der Waals surface area contributed by atoms with Gasteiger partial charge in [0.15, 0.2) is 0 Å². The molecule has 3 heteroatoms. The van der Waals surface area contributed by atoms with Crippen molar-refractivity contribution in [3.05, 3.63) is 24.0 Å². The molecule has 0 amide bonds. The van der Waals surface area contributed by atoms with Crippen LogP contribution in [0.2, 0.25) is 0 Å². The molecule has 0 radical (unpaired) electrons. The van der Waals surface area contributed by atoms with Crippen molar-refractivity contribution in [1.29, 1.82) is 5.26 Å². The fourth-order valence-electron chi connectivity index (χ4n) is 1.80. The van der Waals surface area contributed by atoms with Gasteiger partial charge in [-0.1, -0.05) is 0 Å². The summed E-state index contributed by atoms with van der Waals surface area (Å²) in [5.74, 6) is 0. The first-order valence-electron chi connectivity index (χ1n) is 5.20. The van der Waals surface area contributed by atoms with E-state index in [-0.39, 0.29) is 0 Å². The van der Waals surface area contributed by atoms with E-state index in [0.717, 1.165) is 5.69 Å². The number of aromatic nitrogens is 1. The van der Waals surface area contributed by atoms with Crippen LogP contribution in [0.15, 0.2) is 18.3 Å². The first kappa shape index (κ1) is 11.5. The van der Waals surface area contributed by atoms with E-state index in [4.69, 9.17) is 5.26 Å². The van der Waals surface area contributed by atoms with E-state index in [2.05, 4.69) is 37.6 Å². The molecule has 0 aliphatic carbocycles. The number of nitriles is 1. The monoisotopic (exact) mass is 203 g/mol. The Morgan fingerprint density at radius 1 is 1.20 bits per heavy atom. The van der Waals surface area contributed by atoms with E-state index in [0.29, 0.717) is 17.8 Å². The first-order chi connectivity index (χ1) is 7.06. The van der Waals surface area contributed by atoms with E-state index >= 15 is 0 Å². The van der Waals surface area contributed by atoms with Crippen molar-refractivity contribution in [3.63, 3.8) is 0 Å². The van der Waals surface area contributed by atoms with Gasteiger partial charge in [-0.05, 0) is 39.8 Å². The highest BCUT2D eigenvalue weighted by Crippen LogP contribution is 2.18. The van der Waals surface area contributed by atoms with Gasteiger partial charge in [0.25, 0.3) is 0 Å². The Hall–Kier alpha value is -1.56. The molecule has 1 aromatic heterocycles. The molecule has 0 saturated carbocycles. The van der Waals surface area contributed by atoms with E-state index in [1.807, 2.05) is 12.1 Å². The molecule has 1 heterocycles. The Kier molecular flexibility index (Phi) is 3.68. The lowest BCUT2D eigenvalue weighted by Crippen LogP contribution is -2.37. The molecule has 0 fully saturated rings. The number of hydrogen-bond donors (Lipinski definition) is 0. The molecule has 0 saturated heterocycles. The maximum Gasteiger partial charge on any atom is 0.140 e. The predicted molar refractivity (Wildman–Crippen MR) is 61.7 cm³/mol. The molecule has 1 aromatic rings. The fourth-order valence-corrected chi connectivity index (χ4v) is 1.80. The zero-order chi connectivity index (χ0) is 11.4. The molecule has 1 rings (SSSR count). The molecule has 0 unspecified atom stereocenters. The van der Waals surface area contributed by atoms with E-state index < -0.39 is 0 Å². The largest absolute Gasteiger partial charge is 0.365 e. The Morgan fingerprint density at radius 3 is 2.13 bits per heavy atom. The van der Waals surface area contributed by atoms with Crippen molar-refractivity contribution >= 4 is 5.69 Å². The van der Waals surface area contributed by atoms with Crippen LogP contribution in [0.1, 0.15) is 33.4 Å². The van der Waals surface area contributed by atoms with Gasteiger partial charge in [0, 0.05) is 12.1 Å². The number of rotatable bonds is 3. The van der Waals surface area contributed by atoms with Crippen LogP contribution >= 0.6 is 0 Å². The Bertz CT molecular complexity index is 338. The molecule has 0 atom stereocenters. The third-order valence-electron chi connectivity index (χ3n) is 2.27. The maximum atomic E-state index is 8.66. The van der Waals surface area contributed by atoms with Crippen molar-refractivity contribution in [2.75, 3.05) is 4.90 Å². The summed E-state index contributed by atoms with van der Waals surface area (Å²) < 4.78 is 0. The van der Waals surface area contributed by atoms with Crippen LogP contribution in [0.3, 0.4) is 0 Å². The van der Waals surface area contributed by atoms with Crippen molar-refractivity contribution < 1.29 is 0 Å². The van der Waals surface area contributed by atoms with Crippen LogP contribution in [-0.4, -0.2) is 17.1 Å². The molecule has 80 valence electrons. The number of nitrogens with zero attached hydrogens (tertiary/aromatic N) is 3. The molecule has 0 N–H and O–H groups in total. The van der Waals surface area contributed by atoms with Crippen molar-refractivity contribution in [3.8, 4) is 6.07 Å². The zero-order valence-corrected chi connectivity index (χ0v) is 9.73. The van der Waals surface area contributed by atoms with Crippen LogP contribution in [-0.2, 0) is 0 Å². The highest BCUT2D eigenvalue weighted by Gasteiger charge is 2.13. The molecule has 0 spiro atoms. The summed E-state index contributed by atoms with van der Waals surface area (Å²) in [7, 11) is 0. The standard InChI is InChI=1S/C12H17N3/c1-9(2)15(10(3)4)12-6-5-11(7-13)14-8-12/h5-6,8-10H,1-4H3. The van der Waals surface area contributed by atoms with Gasteiger partial charge >= 0.3 is 0 Å². The van der Waals surface area contributed by atoms with Crippen molar-refractivity contribution in [2.24, 2.45) is 0 Å². The molecule has 3 nitrogen and oxygen atoms in total. The number of anilines is 1. The topological polar surface area (TPSA) is 39.9 Å². The summed E-state index contributed by atoms with van der Waals surface area (Å²) in [6.45, 7) is 8.60.